The number of aromatic nitrogens is 3. The summed E-state index contributed by atoms with van der Waals surface area (Å²) in [5, 5.41) is 11.7. The zero-order chi connectivity index (χ0) is 17.6. The number of hydrogen-bond acceptors (Lipinski definition) is 4. The van der Waals surface area contributed by atoms with E-state index < -0.39 is 0 Å². The topological polar surface area (TPSA) is 67.6 Å². The van der Waals surface area contributed by atoms with Crippen LogP contribution in [0.2, 0.25) is 0 Å². The van der Waals surface area contributed by atoms with E-state index in [-0.39, 0.29) is 0 Å². The summed E-state index contributed by atoms with van der Waals surface area (Å²) in [7, 11) is 3.83. The van der Waals surface area contributed by atoms with Gasteiger partial charge in [0.1, 0.15) is 5.82 Å². The molecule has 25 heavy (non-hydrogen) atoms. The Balaban J connectivity index is 1.41. The molecule has 7 heteroatoms. The molecule has 1 aliphatic heterocycles. The number of nitrogens with zero attached hydrogens (tertiary/aromatic N) is 5. The van der Waals surface area contributed by atoms with E-state index in [0.717, 1.165) is 56.1 Å². The van der Waals surface area contributed by atoms with Gasteiger partial charge in [0.15, 0.2) is 11.8 Å². The molecule has 0 amide bonds. The van der Waals surface area contributed by atoms with Crippen molar-refractivity contribution < 1.29 is 4.74 Å². The molecule has 1 aromatic rings. The summed E-state index contributed by atoms with van der Waals surface area (Å²) in [5.74, 6) is 3.60. The molecule has 1 aliphatic carbocycles. The molecule has 140 valence electrons. The van der Waals surface area contributed by atoms with Gasteiger partial charge in [-0.25, -0.2) is 0 Å². The molecule has 1 aromatic heterocycles. The number of piperidine rings is 1. The molecular weight excluding hydrogens is 316 g/mol. The highest BCUT2D eigenvalue weighted by Gasteiger charge is 2.24. The van der Waals surface area contributed by atoms with Gasteiger partial charge >= 0.3 is 0 Å². The van der Waals surface area contributed by atoms with Crippen LogP contribution in [0, 0.1) is 12.8 Å². The highest BCUT2D eigenvalue weighted by Crippen LogP contribution is 2.26. The number of hydrogen-bond donors (Lipinski definition) is 1. The van der Waals surface area contributed by atoms with Crippen LogP contribution in [0.25, 0.3) is 0 Å². The van der Waals surface area contributed by atoms with Crippen LogP contribution >= 0.6 is 0 Å². The lowest BCUT2D eigenvalue weighted by molar-refractivity contribution is 0.00100. The first-order chi connectivity index (χ1) is 12.2. The van der Waals surface area contributed by atoms with Gasteiger partial charge in [-0.3, -0.25) is 4.99 Å². The van der Waals surface area contributed by atoms with E-state index in [4.69, 9.17) is 4.74 Å². The molecule has 2 heterocycles. The number of likely N-dealkylation sites (tertiary alicyclic amines) is 1. The van der Waals surface area contributed by atoms with Crippen molar-refractivity contribution in [2.45, 2.75) is 58.1 Å². The van der Waals surface area contributed by atoms with Gasteiger partial charge in [0, 0.05) is 33.8 Å². The van der Waals surface area contributed by atoms with E-state index >= 15 is 0 Å². The Bertz CT molecular complexity index is 570. The maximum absolute atomic E-state index is 6.17. The summed E-state index contributed by atoms with van der Waals surface area (Å²) in [6.45, 7) is 5.55. The first-order valence-electron chi connectivity index (χ1n) is 9.59. The van der Waals surface area contributed by atoms with Crippen molar-refractivity contribution in [3.05, 3.63) is 11.6 Å². The molecule has 1 N–H and O–H groups in total. The number of aliphatic imine (C=N–C) groups is 1. The number of nitrogens with one attached hydrogen (secondary N) is 1. The summed E-state index contributed by atoms with van der Waals surface area (Å²) >= 11 is 0. The highest BCUT2D eigenvalue weighted by atomic mass is 16.5. The number of ether oxygens (including phenoxy) is 1. The zero-order valence-electron chi connectivity index (χ0n) is 15.9. The van der Waals surface area contributed by atoms with Gasteiger partial charge in [-0.2, -0.15) is 0 Å². The summed E-state index contributed by atoms with van der Waals surface area (Å²) in [4.78, 5) is 6.75. The van der Waals surface area contributed by atoms with E-state index in [1.54, 1.807) is 0 Å². The Hall–Kier alpha value is -1.63. The van der Waals surface area contributed by atoms with E-state index in [9.17, 15) is 0 Å². The fourth-order valence-corrected chi connectivity index (χ4v) is 3.78. The third-order valence-corrected chi connectivity index (χ3v) is 5.58. The summed E-state index contributed by atoms with van der Waals surface area (Å²) in [6, 6.07) is 0. The molecule has 1 saturated heterocycles. The van der Waals surface area contributed by atoms with Gasteiger partial charge in [-0.1, -0.05) is 12.8 Å². The van der Waals surface area contributed by atoms with Gasteiger partial charge in [0.05, 0.1) is 12.6 Å². The molecular formula is C18H32N6O. The van der Waals surface area contributed by atoms with Gasteiger partial charge in [-0.15, -0.1) is 10.2 Å². The van der Waals surface area contributed by atoms with Crippen LogP contribution in [0.1, 0.15) is 50.2 Å². The summed E-state index contributed by atoms with van der Waals surface area (Å²) < 4.78 is 8.17. The van der Waals surface area contributed by atoms with Crippen LogP contribution in [-0.2, 0) is 18.3 Å². The molecule has 1 saturated carbocycles. The molecule has 0 unspecified atom stereocenters. The zero-order valence-corrected chi connectivity index (χ0v) is 15.9. The summed E-state index contributed by atoms with van der Waals surface area (Å²) in [6.07, 6.45) is 8.07. The Morgan fingerprint density at radius 2 is 1.92 bits per heavy atom. The standard InChI is InChI=1S/C18H32N6O/c1-14-21-22-17(23(14)3)12-20-18(19-2)24-10-8-16(9-11-24)25-13-15-6-4-5-7-15/h15-16H,4-13H2,1-3H3,(H,19,20). The SMILES string of the molecule is CN=C(NCc1nnc(C)n1C)N1CCC(OCC2CCCC2)CC1. The average Bonchev–Trinajstić information content (AvgIpc) is 3.26. The monoisotopic (exact) mass is 348 g/mol. The molecule has 3 rings (SSSR count). The van der Waals surface area contributed by atoms with Crippen LogP contribution in [0.3, 0.4) is 0 Å². The normalized spacial score (nSPS) is 20.4. The predicted octanol–water partition coefficient (Wildman–Crippen LogP) is 1.87. The fourth-order valence-electron chi connectivity index (χ4n) is 3.78. The molecule has 0 atom stereocenters. The van der Waals surface area contributed by atoms with Crippen molar-refractivity contribution in [3.63, 3.8) is 0 Å². The minimum atomic E-state index is 0.413. The van der Waals surface area contributed by atoms with Crippen molar-refractivity contribution in [3.8, 4) is 0 Å². The molecule has 0 spiro atoms. The largest absolute Gasteiger partial charge is 0.378 e. The lowest BCUT2D eigenvalue weighted by atomic mass is 10.1. The van der Waals surface area contributed by atoms with Crippen LogP contribution in [-0.4, -0.2) is 58.5 Å². The third-order valence-electron chi connectivity index (χ3n) is 5.58. The third kappa shape index (κ3) is 4.71. The van der Waals surface area contributed by atoms with E-state index in [0.29, 0.717) is 12.6 Å². The van der Waals surface area contributed by atoms with Gasteiger partial charge in [0.25, 0.3) is 0 Å². The Morgan fingerprint density at radius 3 is 2.52 bits per heavy atom. The first kappa shape index (κ1) is 18.2. The van der Waals surface area contributed by atoms with Crippen molar-refractivity contribution in [1.82, 2.24) is 25.0 Å². The van der Waals surface area contributed by atoms with Gasteiger partial charge < -0.3 is 19.5 Å². The molecule has 7 nitrogen and oxygen atoms in total. The van der Waals surface area contributed by atoms with E-state index in [2.05, 4.69) is 25.4 Å². The van der Waals surface area contributed by atoms with Gasteiger partial charge in [-0.05, 0) is 38.5 Å². The van der Waals surface area contributed by atoms with Crippen molar-refractivity contribution in [1.29, 1.82) is 0 Å². The molecule has 0 radical (unpaired) electrons. The second kappa shape index (κ2) is 8.65. The molecule has 0 bridgehead atoms. The summed E-state index contributed by atoms with van der Waals surface area (Å²) in [5.41, 5.74) is 0. The van der Waals surface area contributed by atoms with E-state index in [1.165, 1.54) is 25.7 Å². The smallest absolute Gasteiger partial charge is 0.194 e. The van der Waals surface area contributed by atoms with Crippen molar-refractivity contribution in [2.75, 3.05) is 26.7 Å². The lowest BCUT2D eigenvalue weighted by Gasteiger charge is -2.34. The van der Waals surface area contributed by atoms with Crippen molar-refractivity contribution >= 4 is 5.96 Å². The molecule has 2 aliphatic rings. The molecule has 0 aromatic carbocycles. The number of guanidine groups is 1. The molecule has 2 fully saturated rings. The second-order valence-corrected chi connectivity index (χ2v) is 7.29. The maximum Gasteiger partial charge on any atom is 0.194 e. The van der Waals surface area contributed by atoms with Crippen LogP contribution in [0.4, 0.5) is 0 Å². The van der Waals surface area contributed by atoms with Crippen LogP contribution in [0.15, 0.2) is 4.99 Å². The Kier molecular flexibility index (Phi) is 6.29. The maximum atomic E-state index is 6.17. The minimum Gasteiger partial charge on any atom is -0.378 e. The minimum absolute atomic E-state index is 0.413. The van der Waals surface area contributed by atoms with Gasteiger partial charge in [0.2, 0.25) is 0 Å². The number of rotatable bonds is 5. The van der Waals surface area contributed by atoms with Crippen molar-refractivity contribution in [2.24, 2.45) is 18.0 Å². The first-order valence-corrected chi connectivity index (χ1v) is 9.59. The van der Waals surface area contributed by atoms with Crippen LogP contribution < -0.4 is 5.32 Å². The average molecular weight is 348 g/mol. The Labute approximate surface area is 150 Å². The Morgan fingerprint density at radius 1 is 1.20 bits per heavy atom. The second-order valence-electron chi connectivity index (χ2n) is 7.29. The number of aryl methyl sites for hydroxylation is 1. The quantitative estimate of drug-likeness (QED) is 0.650. The predicted molar refractivity (Wildman–Crippen MR) is 98.4 cm³/mol. The van der Waals surface area contributed by atoms with Crippen LogP contribution in [0.5, 0.6) is 0 Å². The fraction of sp³-hybridized carbons (Fsp3) is 0.833. The van der Waals surface area contributed by atoms with E-state index in [1.807, 2.05) is 25.6 Å². The highest BCUT2D eigenvalue weighted by molar-refractivity contribution is 5.79. The lowest BCUT2D eigenvalue weighted by Crippen LogP contribution is -2.47.